The van der Waals surface area contributed by atoms with Crippen LogP contribution in [0.5, 0.6) is 0 Å². The summed E-state index contributed by atoms with van der Waals surface area (Å²) in [5, 5.41) is 3.77. The third-order valence-corrected chi connectivity index (χ3v) is 3.59. The number of aryl methyl sites for hydroxylation is 2. The van der Waals surface area contributed by atoms with Crippen LogP contribution in [0.4, 0.5) is 5.69 Å². The predicted octanol–water partition coefficient (Wildman–Crippen LogP) is 3.54. The number of nitrogens with zero attached hydrogens (tertiary/aromatic N) is 3. The van der Waals surface area contributed by atoms with Crippen molar-refractivity contribution in [1.82, 2.24) is 14.5 Å². The first kappa shape index (κ1) is 12.9. The summed E-state index contributed by atoms with van der Waals surface area (Å²) in [5.41, 5.74) is 4.03. The van der Waals surface area contributed by atoms with Gasteiger partial charge >= 0.3 is 0 Å². The maximum absolute atomic E-state index is 6.08. The van der Waals surface area contributed by atoms with Crippen molar-refractivity contribution in [2.45, 2.75) is 13.5 Å². The van der Waals surface area contributed by atoms with Crippen LogP contribution < -0.4 is 5.32 Å². The number of pyridine rings is 1. The minimum absolute atomic E-state index is 0.481. The topological polar surface area (TPSA) is 42.7 Å². The number of hydrogen-bond acceptors (Lipinski definition) is 3. The highest BCUT2D eigenvalue weighted by Crippen LogP contribution is 2.21. The third-order valence-electron chi connectivity index (χ3n) is 3.29. The van der Waals surface area contributed by atoms with Gasteiger partial charge in [-0.25, -0.2) is 9.97 Å². The number of aromatic nitrogens is 3. The fraction of sp³-hybridized carbons (Fsp3) is 0.200. The van der Waals surface area contributed by atoms with Crippen molar-refractivity contribution in [3.05, 3.63) is 53.1 Å². The van der Waals surface area contributed by atoms with Gasteiger partial charge in [0.05, 0.1) is 23.3 Å². The highest BCUT2D eigenvalue weighted by Gasteiger charge is 2.08. The average molecular weight is 287 g/mol. The molecule has 2 heterocycles. The molecule has 0 saturated carbocycles. The van der Waals surface area contributed by atoms with Crippen LogP contribution in [0.2, 0.25) is 5.15 Å². The summed E-state index contributed by atoms with van der Waals surface area (Å²) < 4.78 is 2.08. The summed E-state index contributed by atoms with van der Waals surface area (Å²) in [5.74, 6) is 0.962. The van der Waals surface area contributed by atoms with Gasteiger partial charge in [0, 0.05) is 13.2 Å². The minimum atomic E-state index is 0.481. The van der Waals surface area contributed by atoms with Gasteiger partial charge in [-0.3, -0.25) is 0 Å². The van der Waals surface area contributed by atoms with Gasteiger partial charge in [0.25, 0.3) is 0 Å². The Balaban J connectivity index is 1.87. The summed E-state index contributed by atoms with van der Waals surface area (Å²) in [6.45, 7) is 2.60. The number of fused-ring (bicyclic) bond motifs is 1. The van der Waals surface area contributed by atoms with Gasteiger partial charge in [-0.15, -0.1) is 0 Å². The standard InChI is InChI=1S/C15H15ClN4/c1-10-7-12(15(16)18-8-10)17-9-14-19-11-5-3-4-6-13(11)20(14)2/h3-8,17H,9H2,1-2H3. The largest absolute Gasteiger partial charge is 0.375 e. The molecule has 0 radical (unpaired) electrons. The van der Waals surface area contributed by atoms with E-state index in [0.29, 0.717) is 11.7 Å². The number of imidazole rings is 1. The van der Waals surface area contributed by atoms with Crippen molar-refractivity contribution < 1.29 is 0 Å². The van der Waals surface area contributed by atoms with Crippen molar-refractivity contribution in [2.75, 3.05) is 5.32 Å². The first-order valence-corrected chi connectivity index (χ1v) is 6.79. The molecule has 20 heavy (non-hydrogen) atoms. The predicted molar refractivity (Wildman–Crippen MR) is 82.0 cm³/mol. The molecule has 3 aromatic rings. The molecule has 0 amide bonds. The molecule has 3 rings (SSSR count). The van der Waals surface area contributed by atoms with Crippen LogP contribution >= 0.6 is 11.6 Å². The van der Waals surface area contributed by atoms with E-state index in [1.807, 2.05) is 38.2 Å². The van der Waals surface area contributed by atoms with Gasteiger partial charge in [0.15, 0.2) is 5.15 Å². The van der Waals surface area contributed by atoms with E-state index in [2.05, 4.69) is 25.9 Å². The van der Waals surface area contributed by atoms with Crippen LogP contribution in [0, 0.1) is 6.92 Å². The van der Waals surface area contributed by atoms with Gasteiger partial charge in [-0.05, 0) is 30.7 Å². The number of benzene rings is 1. The smallest absolute Gasteiger partial charge is 0.152 e. The van der Waals surface area contributed by atoms with Crippen molar-refractivity contribution >= 4 is 28.3 Å². The molecule has 0 aliphatic heterocycles. The molecule has 102 valence electrons. The lowest BCUT2D eigenvalue weighted by Crippen LogP contribution is -2.06. The first-order valence-electron chi connectivity index (χ1n) is 6.41. The van der Waals surface area contributed by atoms with Crippen molar-refractivity contribution in [2.24, 2.45) is 7.05 Å². The van der Waals surface area contributed by atoms with Crippen LogP contribution in [0.3, 0.4) is 0 Å². The molecule has 0 bridgehead atoms. The first-order chi connectivity index (χ1) is 9.65. The van der Waals surface area contributed by atoms with Crippen LogP contribution in [0.15, 0.2) is 36.5 Å². The summed E-state index contributed by atoms with van der Waals surface area (Å²) in [6, 6.07) is 10.1. The summed E-state index contributed by atoms with van der Waals surface area (Å²) in [7, 11) is 2.02. The van der Waals surface area contributed by atoms with E-state index in [1.165, 1.54) is 0 Å². The Morgan fingerprint density at radius 1 is 1.30 bits per heavy atom. The maximum Gasteiger partial charge on any atom is 0.152 e. The normalized spacial score (nSPS) is 10.9. The van der Waals surface area contributed by atoms with Crippen molar-refractivity contribution in [1.29, 1.82) is 0 Å². The molecule has 4 nitrogen and oxygen atoms in total. The average Bonchev–Trinajstić information content (AvgIpc) is 2.77. The van der Waals surface area contributed by atoms with E-state index in [1.54, 1.807) is 6.20 Å². The minimum Gasteiger partial charge on any atom is -0.375 e. The molecule has 1 N–H and O–H groups in total. The summed E-state index contributed by atoms with van der Waals surface area (Å²) in [6.07, 6.45) is 1.75. The Bertz CT molecular complexity index is 764. The quantitative estimate of drug-likeness (QED) is 0.749. The Labute approximate surface area is 122 Å². The zero-order valence-corrected chi connectivity index (χ0v) is 12.1. The van der Waals surface area contributed by atoms with Crippen LogP contribution in [0.1, 0.15) is 11.4 Å². The van der Waals surface area contributed by atoms with Gasteiger partial charge in [0.1, 0.15) is 5.82 Å². The zero-order valence-electron chi connectivity index (χ0n) is 11.4. The molecule has 0 saturated heterocycles. The fourth-order valence-electron chi connectivity index (χ4n) is 2.20. The molecule has 1 aromatic carbocycles. The Morgan fingerprint density at radius 3 is 2.90 bits per heavy atom. The highest BCUT2D eigenvalue weighted by atomic mass is 35.5. The molecule has 2 aromatic heterocycles. The van der Waals surface area contributed by atoms with E-state index in [9.17, 15) is 0 Å². The molecule has 0 unspecified atom stereocenters. The number of nitrogens with one attached hydrogen (secondary N) is 1. The van der Waals surface area contributed by atoms with Crippen molar-refractivity contribution in [3.8, 4) is 0 Å². The van der Waals surface area contributed by atoms with E-state index in [4.69, 9.17) is 11.6 Å². The second-order valence-electron chi connectivity index (χ2n) is 4.78. The third kappa shape index (κ3) is 2.34. The number of anilines is 1. The Morgan fingerprint density at radius 2 is 2.10 bits per heavy atom. The van der Waals surface area contributed by atoms with Gasteiger partial charge < -0.3 is 9.88 Å². The summed E-state index contributed by atoms with van der Waals surface area (Å²) in [4.78, 5) is 8.75. The van der Waals surface area contributed by atoms with Crippen LogP contribution in [-0.4, -0.2) is 14.5 Å². The van der Waals surface area contributed by atoms with Crippen molar-refractivity contribution in [3.63, 3.8) is 0 Å². The molecular weight excluding hydrogens is 272 g/mol. The summed E-state index contributed by atoms with van der Waals surface area (Å²) >= 11 is 6.08. The molecule has 0 aliphatic carbocycles. The molecular formula is C15H15ClN4. The van der Waals surface area contributed by atoms with E-state index in [0.717, 1.165) is 28.1 Å². The fourth-order valence-corrected chi connectivity index (χ4v) is 2.37. The lowest BCUT2D eigenvalue weighted by molar-refractivity contribution is 0.834. The van der Waals surface area contributed by atoms with Gasteiger partial charge in [-0.2, -0.15) is 0 Å². The second-order valence-corrected chi connectivity index (χ2v) is 5.14. The monoisotopic (exact) mass is 286 g/mol. The van der Waals surface area contributed by atoms with E-state index >= 15 is 0 Å². The number of rotatable bonds is 3. The molecule has 0 fully saturated rings. The van der Waals surface area contributed by atoms with Gasteiger partial charge in [0.2, 0.25) is 0 Å². The number of hydrogen-bond donors (Lipinski definition) is 1. The molecule has 0 atom stereocenters. The lowest BCUT2D eigenvalue weighted by Gasteiger charge is -2.08. The van der Waals surface area contributed by atoms with E-state index in [-0.39, 0.29) is 0 Å². The second kappa shape index (κ2) is 5.13. The molecule has 0 spiro atoms. The van der Waals surface area contributed by atoms with E-state index < -0.39 is 0 Å². The Kier molecular flexibility index (Phi) is 3.32. The lowest BCUT2D eigenvalue weighted by atomic mass is 10.3. The zero-order chi connectivity index (χ0) is 14.1. The number of halogens is 1. The number of para-hydroxylation sites is 2. The molecule has 5 heteroatoms. The molecule has 0 aliphatic rings. The van der Waals surface area contributed by atoms with Crippen LogP contribution in [0.25, 0.3) is 11.0 Å². The Hall–Kier alpha value is -2.07. The van der Waals surface area contributed by atoms with Gasteiger partial charge in [-0.1, -0.05) is 23.7 Å². The van der Waals surface area contributed by atoms with Crippen LogP contribution in [-0.2, 0) is 13.6 Å². The highest BCUT2D eigenvalue weighted by molar-refractivity contribution is 6.31. The maximum atomic E-state index is 6.08. The SMILES string of the molecule is Cc1cnc(Cl)c(NCc2nc3ccccc3n2C)c1.